The van der Waals surface area contributed by atoms with Crippen molar-refractivity contribution in [3.05, 3.63) is 30.1 Å². The molecule has 1 aromatic carbocycles. The van der Waals surface area contributed by atoms with Crippen molar-refractivity contribution < 1.29 is 18.7 Å². The molecule has 0 atom stereocenters. The number of carbonyl (C=O) groups is 2. The third-order valence-corrected chi connectivity index (χ3v) is 4.13. The topological polar surface area (TPSA) is 46.6 Å². The molecular weight excluding hydrogens is 293 g/mol. The third-order valence-electron chi connectivity index (χ3n) is 3.10. The second-order valence-corrected chi connectivity index (χ2v) is 5.79. The van der Waals surface area contributed by atoms with Crippen LogP contribution < -0.4 is 0 Å². The Morgan fingerprint density at radius 3 is 2.71 bits per heavy atom. The maximum atomic E-state index is 13.5. The summed E-state index contributed by atoms with van der Waals surface area (Å²) in [6.07, 6.45) is 1.82. The Morgan fingerprint density at radius 1 is 1.38 bits per heavy atom. The number of thioether (sulfide) groups is 1. The molecule has 1 aromatic rings. The zero-order valence-electron chi connectivity index (χ0n) is 11.9. The summed E-state index contributed by atoms with van der Waals surface area (Å²) in [5.41, 5.74) is 0. The van der Waals surface area contributed by atoms with Gasteiger partial charge in [-0.1, -0.05) is 12.1 Å². The quantitative estimate of drug-likeness (QED) is 0.573. The minimum absolute atomic E-state index is 0.0187. The summed E-state index contributed by atoms with van der Waals surface area (Å²) in [4.78, 5) is 25.7. The molecule has 0 aliphatic heterocycles. The van der Waals surface area contributed by atoms with Crippen LogP contribution in [0.4, 0.5) is 4.39 Å². The van der Waals surface area contributed by atoms with E-state index < -0.39 is 5.97 Å². The van der Waals surface area contributed by atoms with Crippen LogP contribution in [0.3, 0.4) is 0 Å². The molecule has 2 rings (SSSR count). The molecule has 0 radical (unpaired) electrons. The van der Waals surface area contributed by atoms with Crippen molar-refractivity contribution in [1.82, 2.24) is 4.90 Å². The van der Waals surface area contributed by atoms with Crippen LogP contribution in [-0.2, 0) is 14.3 Å². The van der Waals surface area contributed by atoms with E-state index in [-0.39, 0.29) is 30.1 Å². The lowest BCUT2D eigenvalue weighted by Gasteiger charge is -2.21. The third kappa shape index (κ3) is 4.74. The number of halogens is 1. The second-order valence-electron chi connectivity index (χ2n) is 4.78. The van der Waals surface area contributed by atoms with E-state index in [1.807, 2.05) is 0 Å². The predicted molar refractivity (Wildman–Crippen MR) is 78.5 cm³/mol. The number of amides is 1. The van der Waals surface area contributed by atoms with Crippen molar-refractivity contribution in [2.75, 3.05) is 18.9 Å². The van der Waals surface area contributed by atoms with Crippen LogP contribution in [0.25, 0.3) is 0 Å². The first-order valence-electron chi connectivity index (χ1n) is 6.94. The van der Waals surface area contributed by atoms with E-state index in [2.05, 4.69) is 0 Å². The molecule has 0 unspecified atom stereocenters. The molecular formula is C15H18FNO3S. The molecule has 6 heteroatoms. The van der Waals surface area contributed by atoms with Crippen molar-refractivity contribution >= 4 is 23.6 Å². The van der Waals surface area contributed by atoms with Gasteiger partial charge < -0.3 is 9.64 Å². The van der Waals surface area contributed by atoms with Gasteiger partial charge in [-0.05, 0) is 31.9 Å². The summed E-state index contributed by atoms with van der Waals surface area (Å²) in [6.45, 7) is 2.01. The van der Waals surface area contributed by atoms with E-state index in [0.717, 1.165) is 24.6 Å². The first-order valence-corrected chi connectivity index (χ1v) is 7.92. The van der Waals surface area contributed by atoms with Crippen LogP contribution in [0, 0.1) is 5.82 Å². The summed E-state index contributed by atoms with van der Waals surface area (Å²) in [5.74, 6) is -0.761. The number of hydrogen-bond acceptors (Lipinski definition) is 4. The van der Waals surface area contributed by atoms with E-state index in [9.17, 15) is 14.0 Å². The molecule has 1 saturated carbocycles. The SMILES string of the molecule is CCOC(=O)CN(C(=O)CSc1ccccc1F)C1CC1. The van der Waals surface area contributed by atoms with Crippen molar-refractivity contribution in [3.8, 4) is 0 Å². The maximum Gasteiger partial charge on any atom is 0.325 e. The maximum absolute atomic E-state index is 13.5. The van der Waals surface area contributed by atoms with E-state index in [4.69, 9.17) is 4.74 Å². The van der Waals surface area contributed by atoms with Crippen molar-refractivity contribution in [1.29, 1.82) is 0 Å². The Kier molecular flexibility index (Phi) is 5.61. The highest BCUT2D eigenvalue weighted by Gasteiger charge is 2.34. The standard InChI is InChI=1S/C15H18FNO3S/c1-2-20-15(19)9-17(11-7-8-11)14(18)10-21-13-6-4-3-5-12(13)16/h3-6,11H,2,7-10H2,1H3. The van der Waals surface area contributed by atoms with Gasteiger partial charge in [0.2, 0.25) is 5.91 Å². The van der Waals surface area contributed by atoms with Gasteiger partial charge in [-0.2, -0.15) is 0 Å². The molecule has 0 N–H and O–H groups in total. The molecule has 1 amide bonds. The highest BCUT2D eigenvalue weighted by Crippen LogP contribution is 2.28. The highest BCUT2D eigenvalue weighted by molar-refractivity contribution is 8.00. The summed E-state index contributed by atoms with van der Waals surface area (Å²) in [6, 6.07) is 6.47. The Hall–Kier alpha value is -1.56. The van der Waals surface area contributed by atoms with Gasteiger partial charge in [-0.25, -0.2) is 4.39 Å². The lowest BCUT2D eigenvalue weighted by atomic mass is 10.3. The lowest BCUT2D eigenvalue weighted by Crippen LogP contribution is -2.39. The molecule has 4 nitrogen and oxygen atoms in total. The van der Waals surface area contributed by atoms with E-state index in [0.29, 0.717) is 11.5 Å². The fourth-order valence-corrected chi connectivity index (χ4v) is 2.76. The van der Waals surface area contributed by atoms with Gasteiger partial charge in [0.1, 0.15) is 12.4 Å². The van der Waals surface area contributed by atoms with Gasteiger partial charge in [0.15, 0.2) is 0 Å². The van der Waals surface area contributed by atoms with Crippen LogP contribution in [0.1, 0.15) is 19.8 Å². The van der Waals surface area contributed by atoms with Gasteiger partial charge in [0, 0.05) is 10.9 Å². The van der Waals surface area contributed by atoms with Crippen molar-refractivity contribution in [2.45, 2.75) is 30.7 Å². The van der Waals surface area contributed by atoms with Gasteiger partial charge >= 0.3 is 5.97 Å². The zero-order valence-corrected chi connectivity index (χ0v) is 12.7. The molecule has 114 valence electrons. The predicted octanol–water partition coefficient (Wildman–Crippen LogP) is 2.47. The molecule has 1 aliphatic rings. The smallest absolute Gasteiger partial charge is 0.325 e. The number of esters is 1. The molecule has 0 spiro atoms. The molecule has 0 heterocycles. The zero-order chi connectivity index (χ0) is 15.2. The molecule has 0 bridgehead atoms. The van der Waals surface area contributed by atoms with Crippen LogP contribution in [0.2, 0.25) is 0 Å². The Morgan fingerprint density at radius 2 is 2.10 bits per heavy atom. The number of benzene rings is 1. The van der Waals surface area contributed by atoms with Crippen LogP contribution >= 0.6 is 11.8 Å². The number of carbonyl (C=O) groups excluding carboxylic acids is 2. The molecule has 1 aliphatic carbocycles. The number of hydrogen-bond donors (Lipinski definition) is 0. The van der Waals surface area contributed by atoms with E-state index in [1.165, 1.54) is 6.07 Å². The minimum Gasteiger partial charge on any atom is -0.465 e. The van der Waals surface area contributed by atoms with Crippen LogP contribution in [0.5, 0.6) is 0 Å². The minimum atomic E-state index is -0.395. The average Bonchev–Trinajstić information content (AvgIpc) is 3.28. The van der Waals surface area contributed by atoms with Gasteiger partial charge in [0.05, 0.1) is 12.4 Å². The van der Waals surface area contributed by atoms with Gasteiger partial charge in [-0.3, -0.25) is 9.59 Å². The Bertz CT molecular complexity index is 519. The largest absolute Gasteiger partial charge is 0.465 e. The summed E-state index contributed by atoms with van der Waals surface area (Å²) >= 11 is 1.15. The average molecular weight is 311 g/mol. The fourth-order valence-electron chi connectivity index (χ4n) is 1.94. The van der Waals surface area contributed by atoms with Crippen LogP contribution in [-0.4, -0.2) is 41.7 Å². The van der Waals surface area contributed by atoms with Crippen molar-refractivity contribution in [3.63, 3.8) is 0 Å². The number of ether oxygens (including phenoxy) is 1. The first kappa shape index (κ1) is 15.8. The Balaban J connectivity index is 1.90. The highest BCUT2D eigenvalue weighted by atomic mass is 32.2. The monoisotopic (exact) mass is 311 g/mol. The second kappa shape index (κ2) is 7.45. The molecule has 21 heavy (non-hydrogen) atoms. The van der Waals surface area contributed by atoms with Crippen molar-refractivity contribution in [2.24, 2.45) is 0 Å². The van der Waals surface area contributed by atoms with E-state index in [1.54, 1.807) is 30.0 Å². The lowest BCUT2D eigenvalue weighted by molar-refractivity contribution is -0.148. The fraction of sp³-hybridized carbons (Fsp3) is 0.467. The molecule has 1 fully saturated rings. The van der Waals surface area contributed by atoms with Gasteiger partial charge in [0.25, 0.3) is 0 Å². The molecule has 0 aromatic heterocycles. The Labute approximate surface area is 127 Å². The summed E-state index contributed by atoms with van der Waals surface area (Å²) in [7, 11) is 0. The van der Waals surface area contributed by atoms with Gasteiger partial charge in [-0.15, -0.1) is 11.8 Å². The number of rotatable bonds is 7. The summed E-state index contributed by atoms with van der Waals surface area (Å²) < 4.78 is 18.4. The van der Waals surface area contributed by atoms with E-state index >= 15 is 0 Å². The normalized spacial score (nSPS) is 13.8. The van der Waals surface area contributed by atoms with Crippen LogP contribution in [0.15, 0.2) is 29.2 Å². The number of nitrogens with zero attached hydrogens (tertiary/aromatic N) is 1. The first-order chi connectivity index (χ1) is 10.1. The summed E-state index contributed by atoms with van der Waals surface area (Å²) in [5, 5.41) is 0. The molecule has 0 saturated heterocycles.